The normalized spacial score (nSPS) is 11.2. The molecule has 0 aliphatic heterocycles. The molecule has 0 saturated carbocycles. The summed E-state index contributed by atoms with van der Waals surface area (Å²) in [6, 6.07) is 11.8. The summed E-state index contributed by atoms with van der Waals surface area (Å²) in [7, 11) is 0. The number of halogens is 2. The molecule has 0 unspecified atom stereocenters. The van der Waals surface area contributed by atoms with Gasteiger partial charge in [-0.05, 0) is 83.7 Å². The summed E-state index contributed by atoms with van der Waals surface area (Å²) in [4.78, 5) is 8.87. The Hall–Kier alpha value is -3.34. The highest BCUT2D eigenvalue weighted by molar-refractivity contribution is 5.71. The van der Waals surface area contributed by atoms with Gasteiger partial charge in [0.25, 0.3) is 0 Å². The summed E-state index contributed by atoms with van der Waals surface area (Å²) < 4.78 is 31.5. The molecule has 4 aromatic rings. The van der Waals surface area contributed by atoms with Gasteiger partial charge in [-0.25, -0.2) is 13.8 Å². The van der Waals surface area contributed by atoms with Crippen molar-refractivity contribution in [2.45, 2.75) is 61.3 Å². The van der Waals surface area contributed by atoms with Crippen LogP contribution in [0.3, 0.4) is 0 Å². The first kappa shape index (κ1) is 28.2. The molecule has 196 valence electrons. The molecule has 5 heteroatoms. The van der Waals surface area contributed by atoms with Gasteiger partial charge in [0.05, 0.1) is 11.3 Å². The second kappa shape index (κ2) is 12.8. The Morgan fingerprint density at radius 1 is 0.757 bits per heavy atom. The molecule has 2 heterocycles. The van der Waals surface area contributed by atoms with Gasteiger partial charge < -0.3 is 0 Å². The third-order valence-electron chi connectivity index (χ3n) is 5.58. The number of nitrogens with zero attached hydrogens (tertiary/aromatic N) is 3. The Kier molecular flexibility index (Phi) is 9.73. The van der Waals surface area contributed by atoms with Crippen molar-refractivity contribution < 1.29 is 8.78 Å². The Balaban J connectivity index is 0.000000886. The number of pyridine rings is 1. The second-order valence-corrected chi connectivity index (χ2v) is 11.0. The molecule has 2 aromatic carbocycles. The van der Waals surface area contributed by atoms with Gasteiger partial charge >= 0.3 is 0 Å². The van der Waals surface area contributed by atoms with Gasteiger partial charge in [-0.3, -0.25) is 9.55 Å². The minimum Gasteiger partial charge on any atom is -0.299 e. The maximum absolute atomic E-state index is 14.7. The van der Waals surface area contributed by atoms with Crippen molar-refractivity contribution in [2.75, 3.05) is 0 Å². The SMILES string of the molecule is CC(C)C.CC(C)Cc1cc(-c2c(F)cccc2F)cc(CC(C)C)c1-n1ccnc1-c1cccnc1. The Morgan fingerprint density at radius 3 is 1.81 bits per heavy atom. The summed E-state index contributed by atoms with van der Waals surface area (Å²) in [5, 5.41) is 0. The van der Waals surface area contributed by atoms with Crippen LogP contribution in [0.5, 0.6) is 0 Å². The topological polar surface area (TPSA) is 30.7 Å². The maximum atomic E-state index is 14.7. The lowest BCUT2D eigenvalue weighted by Gasteiger charge is -2.22. The second-order valence-electron chi connectivity index (χ2n) is 11.0. The highest BCUT2D eigenvalue weighted by Crippen LogP contribution is 2.35. The summed E-state index contributed by atoms with van der Waals surface area (Å²) in [5.41, 5.74) is 4.64. The molecule has 0 spiro atoms. The molecular formula is C32H39F2N3. The van der Waals surface area contributed by atoms with Crippen molar-refractivity contribution in [3.05, 3.63) is 90.0 Å². The number of imidazole rings is 1. The van der Waals surface area contributed by atoms with E-state index in [0.717, 1.165) is 47.0 Å². The van der Waals surface area contributed by atoms with Crippen LogP contribution in [0.1, 0.15) is 59.6 Å². The standard InChI is InChI=1S/C28H29F2N3.C4H10/c1-18(2)13-22-15-21(26-24(29)8-5-9-25(26)30)16-23(14-19(3)4)27(22)33-12-11-32-28(33)20-7-6-10-31-17-20;1-4(2)3/h5-12,15-19H,13-14H2,1-4H3;4H,1-3H3. The number of aromatic nitrogens is 3. The molecule has 0 N–H and O–H groups in total. The minimum absolute atomic E-state index is 0.0252. The van der Waals surface area contributed by atoms with Gasteiger partial charge in [-0.2, -0.15) is 0 Å². The molecule has 0 fully saturated rings. The van der Waals surface area contributed by atoms with Crippen LogP contribution in [-0.4, -0.2) is 14.5 Å². The lowest BCUT2D eigenvalue weighted by molar-refractivity contribution is 0.589. The van der Waals surface area contributed by atoms with Crippen LogP contribution in [-0.2, 0) is 12.8 Å². The fraction of sp³-hybridized carbons (Fsp3) is 0.375. The molecule has 37 heavy (non-hydrogen) atoms. The predicted molar refractivity (Wildman–Crippen MR) is 150 cm³/mol. The van der Waals surface area contributed by atoms with E-state index in [0.29, 0.717) is 17.4 Å². The van der Waals surface area contributed by atoms with Crippen LogP contribution in [0.15, 0.2) is 67.3 Å². The van der Waals surface area contributed by atoms with Crippen LogP contribution in [0.25, 0.3) is 28.2 Å². The summed E-state index contributed by atoms with van der Waals surface area (Å²) in [6.45, 7) is 15.1. The Morgan fingerprint density at radius 2 is 1.32 bits per heavy atom. The predicted octanol–water partition coefficient (Wildman–Crippen LogP) is 8.94. The van der Waals surface area contributed by atoms with Crippen molar-refractivity contribution in [2.24, 2.45) is 17.8 Å². The van der Waals surface area contributed by atoms with Gasteiger partial charge in [0.2, 0.25) is 0 Å². The molecule has 0 atom stereocenters. The van der Waals surface area contributed by atoms with Gasteiger partial charge in [0.15, 0.2) is 0 Å². The number of hydrogen-bond donors (Lipinski definition) is 0. The highest BCUT2D eigenvalue weighted by Gasteiger charge is 2.21. The van der Waals surface area contributed by atoms with E-state index in [-0.39, 0.29) is 5.56 Å². The van der Waals surface area contributed by atoms with Crippen molar-refractivity contribution >= 4 is 0 Å². The number of hydrogen-bond acceptors (Lipinski definition) is 2. The first-order valence-electron chi connectivity index (χ1n) is 13.1. The van der Waals surface area contributed by atoms with E-state index in [1.165, 1.54) is 18.2 Å². The van der Waals surface area contributed by atoms with Crippen LogP contribution in [0.4, 0.5) is 8.78 Å². The van der Waals surface area contributed by atoms with E-state index >= 15 is 0 Å². The van der Waals surface area contributed by atoms with Crippen molar-refractivity contribution in [3.63, 3.8) is 0 Å². The van der Waals surface area contributed by atoms with E-state index < -0.39 is 11.6 Å². The average molecular weight is 504 g/mol. The quantitative estimate of drug-likeness (QED) is 0.252. The molecule has 0 radical (unpaired) electrons. The molecule has 3 nitrogen and oxygen atoms in total. The first-order chi connectivity index (χ1) is 17.6. The molecular weight excluding hydrogens is 464 g/mol. The van der Waals surface area contributed by atoms with Crippen LogP contribution >= 0.6 is 0 Å². The molecule has 0 aliphatic rings. The van der Waals surface area contributed by atoms with Crippen molar-refractivity contribution in [1.82, 2.24) is 14.5 Å². The lowest BCUT2D eigenvalue weighted by atomic mass is 9.89. The molecule has 0 saturated heterocycles. The summed E-state index contributed by atoms with van der Waals surface area (Å²) >= 11 is 0. The smallest absolute Gasteiger partial charge is 0.146 e. The largest absolute Gasteiger partial charge is 0.299 e. The van der Waals surface area contributed by atoms with E-state index in [1.807, 2.05) is 30.5 Å². The highest BCUT2D eigenvalue weighted by atomic mass is 19.1. The number of rotatable bonds is 7. The molecule has 4 rings (SSSR count). The van der Waals surface area contributed by atoms with Crippen LogP contribution in [0.2, 0.25) is 0 Å². The lowest BCUT2D eigenvalue weighted by Crippen LogP contribution is -2.10. The van der Waals surface area contributed by atoms with Crippen LogP contribution < -0.4 is 0 Å². The van der Waals surface area contributed by atoms with Gasteiger partial charge in [0.1, 0.15) is 17.5 Å². The first-order valence-corrected chi connectivity index (χ1v) is 13.1. The summed E-state index contributed by atoms with van der Waals surface area (Å²) in [6.07, 6.45) is 8.82. The van der Waals surface area contributed by atoms with Gasteiger partial charge in [-0.15, -0.1) is 0 Å². The third-order valence-corrected chi connectivity index (χ3v) is 5.58. The molecule has 0 aliphatic carbocycles. The molecule has 0 bridgehead atoms. The zero-order valence-corrected chi connectivity index (χ0v) is 23.1. The van der Waals surface area contributed by atoms with E-state index in [4.69, 9.17) is 0 Å². The fourth-order valence-corrected chi connectivity index (χ4v) is 4.37. The average Bonchev–Trinajstić information content (AvgIpc) is 3.28. The summed E-state index contributed by atoms with van der Waals surface area (Å²) in [5.74, 6) is 1.26. The minimum atomic E-state index is -0.549. The fourth-order valence-electron chi connectivity index (χ4n) is 4.37. The van der Waals surface area contributed by atoms with Crippen LogP contribution in [0, 0.1) is 29.4 Å². The van der Waals surface area contributed by atoms with Crippen molar-refractivity contribution in [3.8, 4) is 28.2 Å². The zero-order chi connectivity index (χ0) is 27.1. The number of benzene rings is 2. The van der Waals surface area contributed by atoms with Gasteiger partial charge in [0, 0.05) is 30.4 Å². The van der Waals surface area contributed by atoms with E-state index in [1.54, 1.807) is 18.6 Å². The van der Waals surface area contributed by atoms with E-state index in [9.17, 15) is 8.78 Å². The zero-order valence-electron chi connectivity index (χ0n) is 23.1. The van der Waals surface area contributed by atoms with E-state index in [2.05, 4.69) is 63.0 Å². The Bertz CT molecular complexity index is 1240. The van der Waals surface area contributed by atoms with Crippen molar-refractivity contribution in [1.29, 1.82) is 0 Å². The monoisotopic (exact) mass is 503 g/mol. The van der Waals surface area contributed by atoms with Gasteiger partial charge in [-0.1, -0.05) is 54.5 Å². The molecule has 0 amide bonds. The third kappa shape index (κ3) is 7.34. The maximum Gasteiger partial charge on any atom is 0.146 e. The molecule has 2 aromatic heterocycles. The Labute approximate surface area is 220 Å².